The molecule has 2 atom stereocenters. The molecular formula is C29H39NO3. The molecule has 1 fully saturated rings. The van der Waals surface area contributed by atoms with Crippen molar-refractivity contribution in [3.63, 3.8) is 0 Å². The van der Waals surface area contributed by atoms with Crippen LogP contribution >= 0.6 is 0 Å². The summed E-state index contributed by atoms with van der Waals surface area (Å²) in [5, 5.41) is 3.39. The molecule has 4 nitrogen and oxygen atoms in total. The Labute approximate surface area is 199 Å². The first-order valence-corrected chi connectivity index (χ1v) is 12.0. The molecule has 0 aromatic carbocycles. The lowest BCUT2D eigenvalue weighted by atomic mass is 9.72. The van der Waals surface area contributed by atoms with Crippen molar-refractivity contribution in [3.8, 4) is 0 Å². The maximum Gasteiger partial charge on any atom is 0.159 e. The van der Waals surface area contributed by atoms with Gasteiger partial charge in [0.1, 0.15) is 18.7 Å². The quantitative estimate of drug-likeness (QED) is 0.314. The van der Waals surface area contributed by atoms with Crippen LogP contribution in [-0.4, -0.2) is 25.2 Å². The molecule has 0 aromatic heterocycles. The van der Waals surface area contributed by atoms with Gasteiger partial charge in [0.05, 0.1) is 5.41 Å². The zero-order valence-corrected chi connectivity index (χ0v) is 21.1. The molecule has 0 bridgehead atoms. The van der Waals surface area contributed by atoms with Crippen LogP contribution in [0.1, 0.15) is 60.8 Å². The van der Waals surface area contributed by atoms with Crippen LogP contribution in [0.3, 0.4) is 0 Å². The van der Waals surface area contributed by atoms with Gasteiger partial charge in [-0.3, -0.25) is 4.79 Å². The lowest BCUT2D eigenvalue weighted by Gasteiger charge is -2.42. The molecule has 33 heavy (non-hydrogen) atoms. The molecule has 1 saturated heterocycles. The topological polar surface area (TPSA) is 55.4 Å². The van der Waals surface area contributed by atoms with Crippen LogP contribution in [0.15, 0.2) is 82.4 Å². The minimum Gasteiger partial charge on any atom is -0.495 e. The van der Waals surface area contributed by atoms with E-state index in [4.69, 9.17) is 4.74 Å². The Morgan fingerprint density at radius 2 is 2.03 bits per heavy atom. The van der Waals surface area contributed by atoms with Gasteiger partial charge in [0, 0.05) is 24.2 Å². The van der Waals surface area contributed by atoms with Crippen molar-refractivity contribution >= 4 is 12.1 Å². The number of ether oxygens (including phenoxy) is 1. The first-order chi connectivity index (χ1) is 15.8. The van der Waals surface area contributed by atoms with Gasteiger partial charge in [0.25, 0.3) is 0 Å². The summed E-state index contributed by atoms with van der Waals surface area (Å²) in [6.45, 7) is 17.2. The van der Waals surface area contributed by atoms with Crippen molar-refractivity contribution in [3.05, 3.63) is 82.4 Å². The highest BCUT2D eigenvalue weighted by Gasteiger charge is 2.47. The predicted octanol–water partition coefficient (Wildman–Crippen LogP) is 6.31. The van der Waals surface area contributed by atoms with Gasteiger partial charge in [-0.1, -0.05) is 51.7 Å². The summed E-state index contributed by atoms with van der Waals surface area (Å²) in [5.41, 5.74) is 6.20. The Balaban J connectivity index is 0.00000187. The molecule has 0 amide bonds. The lowest BCUT2D eigenvalue weighted by Crippen LogP contribution is -2.38. The van der Waals surface area contributed by atoms with Crippen molar-refractivity contribution in [2.75, 3.05) is 13.2 Å². The molecule has 3 aliphatic rings. The zero-order chi connectivity index (χ0) is 24.6. The van der Waals surface area contributed by atoms with Gasteiger partial charge >= 0.3 is 0 Å². The highest BCUT2D eigenvalue weighted by molar-refractivity contribution is 5.98. The van der Waals surface area contributed by atoms with E-state index in [1.54, 1.807) is 6.92 Å². The van der Waals surface area contributed by atoms with Gasteiger partial charge in [-0.05, 0) is 74.0 Å². The minimum atomic E-state index is -0.0632. The van der Waals surface area contributed by atoms with E-state index in [9.17, 15) is 9.59 Å². The van der Waals surface area contributed by atoms with Crippen LogP contribution in [0.4, 0.5) is 0 Å². The predicted molar refractivity (Wildman–Crippen MR) is 136 cm³/mol. The summed E-state index contributed by atoms with van der Waals surface area (Å²) in [6.07, 6.45) is 15.5. The molecule has 0 spiro atoms. The molecule has 4 heteroatoms. The van der Waals surface area contributed by atoms with Crippen LogP contribution in [0.5, 0.6) is 0 Å². The van der Waals surface area contributed by atoms with Crippen molar-refractivity contribution in [2.45, 2.75) is 60.8 Å². The van der Waals surface area contributed by atoms with Gasteiger partial charge in [0.2, 0.25) is 0 Å². The van der Waals surface area contributed by atoms with Crippen LogP contribution in [-0.2, 0) is 14.3 Å². The number of allylic oxidation sites excluding steroid dienone is 8. The number of hydrogen-bond acceptors (Lipinski definition) is 4. The maximum atomic E-state index is 12.4. The summed E-state index contributed by atoms with van der Waals surface area (Å²) in [6, 6.07) is 0. The van der Waals surface area contributed by atoms with E-state index in [1.165, 1.54) is 11.1 Å². The summed E-state index contributed by atoms with van der Waals surface area (Å²) in [4.78, 5) is 23.2. The van der Waals surface area contributed by atoms with Crippen molar-refractivity contribution in [1.29, 1.82) is 0 Å². The van der Waals surface area contributed by atoms with E-state index in [0.29, 0.717) is 19.6 Å². The third-order valence-corrected chi connectivity index (χ3v) is 6.51. The molecule has 1 heterocycles. The van der Waals surface area contributed by atoms with E-state index < -0.39 is 0 Å². The fraction of sp³-hybridized carbons (Fsp3) is 0.448. The highest BCUT2D eigenvalue weighted by atomic mass is 16.5. The largest absolute Gasteiger partial charge is 0.495 e. The second-order valence-electron chi connectivity index (χ2n) is 8.71. The van der Waals surface area contributed by atoms with E-state index in [2.05, 4.69) is 37.0 Å². The Hall–Kier alpha value is -2.88. The van der Waals surface area contributed by atoms with Crippen molar-refractivity contribution < 1.29 is 14.3 Å². The molecule has 1 aliphatic heterocycles. The third-order valence-electron chi connectivity index (χ3n) is 6.51. The fourth-order valence-electron chi connectivity index (χ4n) is 4.53. The average Bonchev–Trinajstić information content (AvgIpc) is 3.03. The number of aldehydes is 1. The zero-order valence-electron chi connectivity index (χ0n) is 21.1. The average molecular weight is 450 g/mol. The van der Waals surface area contributed by atoms with E-state index in [0.717, 1.165) is 47.3 Å². The normalized spacial score (nSPS) is 22.6. The lowest BCUT2D eigenvalue weighted by molar-refractivity contribution is -0.113. The summed E-state index contributed by atoms with van der Waals surface area (Å²) >= 11 is 0. The number of rotatable bonds is 10. The number of fused-ring (bicyclic) bond motifs is 1. The molecule has 0 radical (unpaired) electrons. The van der Waals surface area contributed by atoms with Crippen molar-refractivity contribution in [2.24, 2.45) is 11.3 Å². The molecule has 0 saturated carbocycles. The second-order valence-corrected chi connectivity index (χ2v) is 8.71. The summed E-state index contributed by atoms with van der Waals surface area (Å²) < 4.78 is 5.63. The Kier molecular flexibility index (Phi) is 9.45. The van der Waals surface area contributed by atoms with Crippen LogP contribution in [0.25, 0.3) is 0 Å². The summed E-state index contributed by atoms with van der Waals surface area (Å²) in [7, 11) is 0. The number of carbonyl (C=O) groups is 2. The molecule has 3 rings (SSSR count). The van der Waals surface area contributed by atoms with E-state index in [-0.39, 0.29) is 17.1 Å². The Morgan fingerprint density at radius 3 is 2.58 bits per heavy atom. The van der Waals surface area contributed by atoms with Crippen molar-refractivity contribution in [1.82, 2.24) is 5.32 Å². The SMILES string of the molecule is C=C(/C=C\C(=C/C)C(C)CC=O)NCC1=C(C2=CC=C3OCC32C)CCC=C1C(C)=O.CC. The molecule has 2 unspecified atom stereocenters. The minimum absolute atomic E-state index is 0.0632. The number of carbonyl (C=O) groups excluding carboxylic acids is 2. The van der Waals surface area contributed by atoms with E-state index in [1.807, 2.05) is 45.9 Å². The molecule has 1 N–H and O–H groups in total. The number of ketones is 1. The first kappa shape index (κ1) is 26.4. The van der Waals surface area contributed by atoms with E-state index >= 15 is 0 Å². The number of nitrogens with one attached hydrogen (secondary N) is 1. The van der Waals surface area contributed by atoms with Gasteiger partial charge in [-0.25, -0.2) is 0 Å². The second kappa shape index (κ2) is 11.8. The first-order valence-electron chi connectivity index (χ1n) is 12.0. The summed E-state index contributed by atoms with van der Waals surface area (Å²) in [5.74, 6) is 1.29. The Bertz CT molecular complexity index is 971. The van der Waals surface area contributed by atoms with Gasteiger partial charge in [-0.15, -0.1) is 0 Å². The van der Waals surface area contributed by atoms with Gasteiger partial charge in [0.15, 0.2) is 5.78 Å². The molecule has 0 aromatic rings. The molecule has 178 valence electrons. The smallest absolute Gasteiger partial charge is 0.159 e. The van der Waals surface area contributed by atoms with Crippen LogP contribution in [0.2, 0.25) is 0 Å². The standard InChI is InChI=1S/C27H33NO3.C2H6/c1-6-21(18(2)14-15-29)11-10-19(3)28-16-24-22(20(4)30)8-7-9-23(24)25-12-13-26-27(25,5)17-31-26;1-2/h6,8,10-13,15,18,28H,3,7,9,14,16-17H2,1-2,4-5H3;1-2H3/b11-10-,21-6+;. The third kappa shape index (κ3) is 5.73. The van der Waals surface area contributed by atoms with Gasteiger partial charge < -0.3 is 14.8 Å². The van der Waals surface area contributed by atoms with Gasteiger partial charge in [-0.2, -0.15) is 0 Å². The fourth-order valence-corrected chi connectivity index (χ4v) is 4.53. The maximum absolute atomic E-state index is 12.4. The Morgan fingerprint density at radius 1 is 1.30 bits per heavy atom. The number of hydrogen-bond donors (Lipinski definition) is 1. The monoisotopic (exact) mass is 449 g/mol. The van der Waals surface area contributed by atoms with Crippen LogP contribution in [0, 0.1) is 11.3 Å². The number of Topliss-reactive ketones (excluding diaryl/α,β-unsaturated/α-hetero) is 1. The molecule has 2 aliphatic carbocycles. The molecular weight excluding hydrogens is 410 g/mol. The van der Waals surface area contributed by atoms with Crippen LogP contribution < -0.4 is 5.32 Å². The highest BCUT2D eigenvalue weighted by Crippen LogP contribution is 2.53.